The molecule has 0 aliphatic heterocycles. The van der Waals surface area contributed by atoms with E-state index in [2.05, 4.69) is 17.4 Å². The molecule has 1 atom stereocenters. The number of hydrogen-bond acceptors (Lipinski definition) is 2. The lowest BCUT2D eigenvalue weighted by Gasteiger charge is -2.17. The van der Waals surface area contributed by atoms with Gasteiger partial charge in [0.2, 0.25) is 0 Å². The summed E-state index contributed by atoms with van der Waals surface area (Å²) in [6, 6.07) is 8.20. The maximum atomic E-state index is 6.24. The van der Waals surface area contributed by atoms with Gasteiger partial charge in [-0.1, -0.05) is 29.8 Å². The summed E-state index contributed by atoms with van der Waals surface area (Å²) in [4.78, 5) is 0. The molecule has 1 aromatic carbocycles. The molecule has 0 spiro atoms. The Morgan fingerprint density at radius 1 is 1.39 bits per heavy atom. The summed E-state index contributed by atoms with van der Waals surface area (Å²) in [6.45, 7) is 2.78. The summed E-state index contributed by atoms with van der Waals surface area (Å²) in [7, 11) is 1.74. The van der Waals surface area contributed by atoms with Crippen molar-refractivity contribution in [2.75, 3.05) is 26.8 Å². The van der Waals surface area contributed by atoms with Crippen LogP contribution in [0.4, 0.5) is 0 Å². The van der Waals surface area contributed by atoms with Gasteiger partial charge in [0.15, 0.2) is 0 Å². The number of halogens is 1. The molecule has 100 valence electrons. The van der Waals surface area contributed by atoms with Gasteiger partial charge in [-0.2, -0.15) is 0 Å². The number of rotatable bonds is 8. The molecule has 1 aliphatic carbocycles. The first kappa shape index (κ1) is 13.9. The summed E-state index contributed by atoms with van der Waals surface area (Å²) in [5.41, 5.74) is 1.28. The Labute approximate surface area is 115 Å². The van der Waals surface area contributed by atoms with Crippen LogP contribution in [0.3, 0.4) is 0 Å². The van der Waals surface area contributed by atoms with Crippen molar-refractivity contribution in [2.45, 2.75) is 19.3 Å². The first-order valence-electron chi connectivity index (χ1n) is 6.74. The molecule has 1 aliphatic rings. The predicted molar refractivity (Wildman–Crippen MR) is 76.1 cm³/mol. The fourth-order valence-corrected chi connectivity index (χ4v) is 2.59. The third-order valence-electron chi connectivity index (χ3n) is 3.62. The van der Waals surface area contributed by atoms with Gasteiger partial charge in [-0.25, -0.2) is 0 Å². The lowest BCUT2D eigenvalue weighted by atomic mass is 9.94. The van der Waals surface area contributed by atoms with Crippen molar-refractivity contribution in [1.29, 1.82) is 0 Å². The van der Waals surface area contributed by atoms with Gasteiger partial charge >= 0.3 is 0 Å². The number of methoxy groups -OCH3 is 1. The van der Waals surface area contributed by atoms with Gasteiger partial charge in [0.05, 0.1) is 6.61 Å². The Kier molecular flexibility index (Phi) is 5.48. The topological polar surface area (TPSA) is 21.3 Å². The molecular weight excluding hydrogens is 246 g/mol. The maximum Gasteiger partial charge on any atom is 0.0587 e. The van der Waals surface area contributed by atoms with Gasteiger partial charge in [-0.3, -0.25) is 0 Å². The van der Waals surface area contributed by atoms with Crippen LogP contribution in [0, 0.1) is 11.8 Å². The summed E-state index contributed by atoms with van der Waals surface area (Å²) in [6.07, 6.45) is 3.84. The summed E-state index contributed by atoms with van der Waals surface area (Å²) in [5.74, 6) is 1.60. The molecule has 1 fully saturated rings. The lowest BCUT2D eigenvalue weighted by Crippen LogP contribution is -2.28. The van der Waals surface area contributed by atoms with Crippen LogP contribution in [0.25, 0.3) is 0 Å². The second-order valence-corrected chi connectivity index (χ2v) is 5.50. The van der Waals surface area contributed by atoms with Gasteiger partial charge < -0.3 is 10.1 Å². The minimum atomic E-state index is 0.710. The van der Waals surface area contributed by atoms with Gasteiger partial charge in [-0.05, 0) is 49.3 Å². The van der Waals surface area contributed by atoms with E-state index in [0.717, 1.165) is 37.1 Å². The van der Waals surface area contributed by atoms with Crippen molar-refractivity contribution in [1.82, 2.24) is 5.32 Å². The molecule has 2 rings (SSSR count). The Morgan fingerprint density at radius 2 is 2.17 bits per heavy atom. The van der Waals surface area contributed by atoms with Crippen LogP contribution >= 0.6 is 11.6 Å². The normalized spacial score (nSPS) is 16.8. The smallest absolute Gasteiger partial charge is 0.0587 e. The molecule has 0 aromatic heterocycles. The van der Waals surface area contributed by atoms with E-state index in [9.17, 15) is 0 Å². The summed E-state index contributed by atoms with van der Waals surface area (Å²) in [5, 5.41) is 4.38. The monoisotopic (exact) mass is 267 g/mol. The molecule has 3 heteroatoms. The van der Waals surface area contributed by atoms with Crippen LogP contribution < -0.4 is 5.32 Å². The van der Waals surface area contributed by atoms with Crippen molar-refractivity contribution in [3.05, 3.63) is 34.9 Å². The van der Waals surface area contributed by atoms with Crippen molar-refractivity contribution in [2.24, 2.45) is 11.8 Å². The molecule has 0 amide bonds. The highest BCUT2D eigenvalue weighted by atomic mass is 35.5. The molecule has 18 heavy (non-hydrogen) atoms. The van der Waals surface area contributed by atoms with Gasteiger partial charge in [0, 0.05) is 18.7 Å². The van der Waals surface area contributed by atoms with Crippen LogP contribution in [0.1, 0.15) is 18.4 Å². The number of nitrogens with one attached hydrogen (secondary N) is 1. The molecular formula is C15H22ClNO. The third kappa shape index (κ3) is 4.27. The van der Waals surface area contributed by atoms with E-state index in [-0.39, 0.29) is 0 Å². The van der Waals surface area contributed by atoms with E-state index in [4.69, 9.17) is 16.3 Å². The predicted octanol–water partition coefficient (Wildman–Crippen LogP) is 3.14. The molecule has 1 N–H and O–H groups in total. The molecule has 2 nitrogen and oxygen atoms in total. The number of benzene rings is 1. The van der Waals surface area contributed by atoms with E-state index in [0.29, 0.717) is 5.92 Å². The Bertz CT molecular complexity index is 365. The van der Waals surface area contributed by atoms with E-state index in [1.54, 1.807) is 7.11 Å². The van der Waals surface area contributed by atoms with Crippen molar-refractivity contribution >= 4 is 11.6 Å². The third-order valence-corrected chi connectivity index (χ3v) is 3.99. The minimum Gasteiger partial charge on any atom is -0.383 e. The highest BCUT2D eigenvalue weighted by Crippen LogP contribution is 2.38. The molecule has 0 heterocycles. The van der Waals surface area contributed by atoms with Crippen LogP contribution in [-0.2, 0) is 11.2 Å². The average Bonchev–Trinajstić information content (AvgIpc) is 3.20. The van der Waals surface area contributed by atoms with Gasteiger partial charge in [0.1, 0.15) is 0 Å². The fraction of sp³-hybridized carbons (Fsp3) is 0.600. The minimum absolute atomic E-state index is 0.710. The Morgan fingerprint density at radius 3 is 2.83 bits per heavy atom. The average molecular weight is 268 g/mol. The molecule has 1 aromatic rings. The zero-order chi connectivity index (χ0) is 12.8. The lowest BCUT2D eigenvalue weighted by molar-refractivity contribution is 0.197. The van der Waals surface area contributed by atoms with E-state index < -0.39 is 0 Å². The number of ether oxygens (including phenoxy) is 1. The van der Waals surface area contributed by atoms with Crippen LogP contribution in [0.2, 0.25) is 5.02 Å². The number of hydrogen-bond donors (Lipinski definition) is 1. The summed E-state index contributed by atoms with van der Waals surface area (Å²) < 4.78 is 5.05. The Balaban J connectivity index is 1.84. The molecule has 0 radical (unpaired) electrons. The van der Waals surface area contributed by atoms with E-state index in [1.165, 1.54) is 18.4 Å². The quantitative estimate of drug-likeness (QED) is 0.731. The standard InChI is InChI=1S/C15H22ClNO/c1-18-9-8-17-11-14(12-6-7-12)10-13-4-2-3-5-15(13)16/h2-5,12,14,17H,6-11H2,1H3. The van der Waals surface area contributed by atoms with E-state index in [1.807, 2.05) is 12.1 Å². The highest BCUT2D eigenvalue weighted by molar-refractivity contribution is 6.31. The van der Waals surface area contributed by atoms with Crippen LogP contribution in [-0.4, -0.2) is 26.8 Å². The fourth-order valence-electron chi connectivity index (χ4n) is 2.38. The van der Waals surface area contributed by atoms with Crippen LogP contribution in [0.5, 0.6) is 0 Å². The molecule has 1 saturated carbocycles. The Hall–Kier alpha value is -0.570. The van der Waals surface area contributed by atoms with Crippen molar-refractivity contribution in [3.63, 3.8) is 0 Å². The van der Waals surface area contributed by atoms with Crippen molar-refractivity contribution in [3.8, 4) is 0 Å². The first-order chi connectivity index (χ1) is 8.81. The maximum absolute atomic E-state index is 6.24. The van der Waals surface area contributed by atoms with Crippen molar-refractivity contribution < 1.29 is 4.74 Å². The zero-order valence-electron chi connectivity index (χ0n) is 11.0. The van der Waals surface area contributed by atoms with E-state index >= 15 is 0 Å². The van der Waals surface area contributed by atoms with Gasteiger partial charge in [0.25, 0.3) is 0 Å². The summed E-state index contributed by atoms with van der Waals surface area (Å²) >= 11 is 6.24. The second-order valence-electron chi connectivity index (χ2n) is 5.09. The zero-order valence-corrected chi connectivity index (χ0v) is 11.7. The van der Waals surface area contributed by atoms with Gasteiger partial charge in [-0.15, -0.1) is 0 Å². The largest absolute Gasteiger partial charge is 0.383 e. The molecule has 0 saturated heterocycles. The first-order valence-corrected chi connectivity index (χ1v) is 7.12. The molecule has 1 unspecified atom stereocenters. The SMILES string of the molecule is COCCNCC(Cc1ccccc1Cl)C1CC1. The second kappa shape index (κ2) is 7.13. The molecule has 0 bridgehead atoms. The van der Waals surface area contributed by atoms with Crippen LogP contribution in [0.15, 0.2) is 24.3 Å². The highest BCUT2D eigenvalue weighted by Gasteiger charge is 2.31.